The fourth-order valence-electron chi connectivity index (χ4n) is 7.45. The molecule has 0 radical (unpaired) electrons. The van der Waals surface area contributed by atoms with E-state index < -0.39 is 32.3 Å². The molecule has 3 aromatic carbocycles. The molecule has 2 fully saturated rings. The second-order valence-corrected chi connectivity index (χ2v) is 15.7. The van der Waals surface area contributed by atoms with Gasteiger partial charge in [0.25, 0.3) is 5.69 Å². The highest BCUT2D eigenvalue weighted by Crippen LogP contribution is 2.46. The van der Waals surface area contributed by atoms with Gasteiger partial charge < -0.3 is 25.3 Å². The van der Waals surface area contributed by atoms with Gasteiger partial charge >= 0.3 is 12.1 Å². The van der Waals surface area contributed by atoms with E-state index >= 15 is 0 Å². The van der Waals surface area contributed by atoms with E-state index in [4.69, 9.17) is 11.6 Å². The van der Waals surface area contributed by atoms with Gasteiger partial charge in [-0.15, -0.1) is 0 Å². The zero-order valence-electron chi connectivity index (χ0n) is 29.2. The Morgan fingerprint density at radius 3 is 2.46 bits per heavy atom. The maximum atomic E-state index is 13.9. The largest absolute Gasteiger partial charge is 0.465 e. The van der Waals surface area contributed by atoms with Crippen molar-refractivity contribution in [1.82, 2.24) is 19.8 Å². The van der Waals surface area contributed by atoms with Gasteiger partial charge in [-0.05, 0) is 79.7 Å². The Hall–Kier alpha value is -4.24. The third kappa shape index (κ3) is 9.03. The average molecular weight is 756 g/mol. The first-order valence-corrected chi connectivity index (χ1v) is 19.5. The van der Waals surface area contributed by atoms with Crippen LogP contribution in [0.25, 0.3) is 11.1 Å². The van der Waals surface area contributed by atoms with Gasteiger partial charge in [0.15, 0.2) is 4.90 Å². The number of carbonyl (C=O) groups excluding carboxylic acids is 1. The van der Waals surface area contributed by atoms with Crippen LogP contribution >= 0.6 is 11.6 Å². The highest BCUT2D eigenvalue weighted by molar-refractivity contribution is 7.89. The monoisotopic (exact) mass is 755 g/mol. The minimum Gasteiger partial charge on any atom is -0.465 e. The molecule has 3 aromatic rings. The minimum absolute atomic E-state index is 0.0624. The van der Waals surface area contributed by atoms with E-state index in [-0.39, 0.29) is 48.8 Å². The predicted octanol–water partition coefficient (Wildman–Crippen LogP) is 6.24. The summed E-state index contributed by atoms with van der Waals surface area (Å²) in [5.74, 6) is -0.428. The van der Waals surface area contributed by atoms with Crippen molar-refractivity contribution in [3.63, 3.8) is 0 Å². The lowest BCUT2D eigenvalue weighted by Crippen LogP contribution is -2.53. The van der Waals surface area contributed by atoms with E-state index in [1.807, 2.05) is 30.3 Å². The fourth-order valence-corrected chi connectivity index (χ4v) is 9.02. The Kier molecular flexibility index (Phi) is 12.8. The lowest BCUT2D eigenvalue weighted by molar-refractivity contribution is -0.387. The molecule has 2 heterocycles. The number of amides is 3. The van der Waals surface area contributed by atoms with E-state index in [0.29, 0.717) is 62.3 Å². The molecule has 4 N–H and O–H groups in total. The molecule has 0 bridgehead atoms. The number of nitrogens with zero attached hydrogens (tertiary/aromatic N) is 3. The normalized spacial score (nSPS) is 18.1. The predicted molar refractivity (Wildman–Crippen MR) is 198 cm³/mol. The average Bonchev–Trinajstić information content (AvgIpc) is 3.15. The third-order valence-electron chi connectivity index (χ3n) is 10.3. The van der Waals surface area contributed by atoms with Crippen molar-refractivity contribution in [3.05, 3.63) is 93.0 Å². The number of benzene rings is 3. The van der Waals surface area contributed by atoms with Gasteiger partial charge in [-0.3, -0.25) is 10.1 Å². The fraction of sp³-hybridized carbons (Fsp3) is 0.459. The molecule has 52 heavy (non-hydrogen) atoms. The highest BCUT2D eigenvalue weighted by Gasteiger charge is 2.43. The van der Waals surface area contributed by atoms with E-state index in [9.17, 15) is 38.3 Å². The number of carboxylic acid groups (broad SMARTS) is 1. The molecule has 3 amide bonds. The number of hydrogen-bond acceptors (Lipinski definition) is 7. The molecule has 0 aliphatic carbocycles. The number of hydrogen-bond donors (Lipinski definition) is 4. The quantitative estimate of drug-likeness (QED) is 0.0899. The number of nitrogens with one attached hydrogen (secondary N) is 2. The molecule has 5 rings (SSSR count). The number of sulfonamides is 1. The summed E-state index contributed by atoms with van der Waals surface area (Å²) in [6.07, 6.45) is 2.70. The minimum atomic E-state index is -4.11. The van der Waals surface area contributed by atoms with E-state index in [1.54, 1.807) is 15.9 Å². The number of nitro groups is 1. The van der Waals surface area contributed by atoms with Crippen LogP contribution in [0.5, 0.6) is 0 Å². The van der Waals surface area contributed by atoms with Crippen molar-refractivity contribution in [2.75, 3.05) is 39.3 Å². The Morgan fingerprint density at radius 2 is 1.75 bits per heavy atom. The number of urea groups is 1. The van der Waals surface area contributed by atoms with Gasteiger partial charge in [-0.2, -0.15) is 0 Å². The van der Waals surface area contributed by atoms with Gasteiger partial charge in [0.05, 0.1) is 10.5 Å². The zero-order valence-corrected chi connectivity index (χ0v) is 30.7. The van der Waals surface area contributed by atoms with Gasteiger partial charge in [0.2, 0.25) is 10.0 Å². The van der Waals surface area contributed by atoms with Crippen molar-refractivity contribution >= 4 is 39.4 Å². The third-order valence-corrected chi connectivity index (χ3v) is 12.1. The Morgan fingerprint density at radius 1 is 1.02 bits per heavy atom. The van der Waals surface area contributed by atoms with Crippen LogP contribution in [0.2, 0.25) is 5.02 Å². The summed E-state index contributed by atoms with van der Waals surface area (Å²) in [6, 6.07) is 18.6. The van der Waals surface area contributed by atoms with Gasteiger partial charge in [0.1, 0.15) is 0 Å². The summed E-state index contributed by atoms with van der Waals surface area (Å²) < 4.78 is 28.3. The lowest BCUT2D eigenvalue weighted by atomic mass is 9.72. The summed E-state index contributed by atoms with van der Waals surface area (Å²) in [5, 5.41) is 36.2. The summed E-state index contributed by atoms with van der Waals surface area (Å²) >= 11 is 6.86. The van der Waals surface area contributed by atoms with E-state index in [2.05, 4.69) is 23.0 Å². The number of para-hydroxylation sites is 1. The second-order valence-electron chi connectivity index (χ2n) is 13.6. The number of aliphatic hydroxyl groups is 1. The summed E-state index contributed by atoms with van der Waals surface area (Å²) in [6.45, 7) is 3.94. The summed E-state index contributed by atoms with van der Waals surface area (Å²) in [4.78, 5) is 38.9. The molecular weight excluding hydrogens is 710 g/mol. The Balaban J connectivity index is 1.29. The van der Waals surface area contributed by atoms with Crippen molar-refractivity contribution in [1.29, 1.82) is 0 Å². The molecule has 2 aliphatic heterocycles. The molecule has 2 saturated heterocycles. The number of carbonyl (C=O) groups is 2. The van der Waals surface area contributed by atoms with Crippen LogP contribution in [0, 0.1) is 22.0 Å². The van der Waals surface area contributed by atoms with Crippen molar-refractivity contribution in [2.24, 2.45) is 11.8 Å². The van der Waals surface area contributed by atoms with Crippen LogP contribution in [-0.2, 0) is 22.0 Å². The molecule has 0 aromatic heterocycles. The first kappa shape index (κ1) is 39.0. The molecule has 13 nitrogen and oxygen atoms in total. The van der Waals surface area contributed by atoms with Crippen LogP contribution in [0.4, 0.5) is 15.3 Å². The molecule has 2 atom stereocenters. The van der Waals surface area contributed by atoms with Crippen molar-refractivity contribution in [3.8, 4) is 11.1 Å². The smallest absolute Gasteiger partial charge is 0.404 e. The second kappa shape index (κ2) is 17.1. The van der Waals surface area contributed by atoms with Crippen molar-refractivity contribution < 1.29 is 33.1 Å². The molecular formula is C37H46ClN5O8S. The van der Waals surface area contributed by atoms with Crippen LogP contribution in [0.3, 0.4) is 0 Å². The number of nitro benzene ring substituents is 1. The number of likely N-dealkylation sites (tertiary alicyclic amines) is 2. The maximum Gasteiger partial charge on any atom is 0.404 e. The molecule has 1 unspecified atom stereocenters. The maximum absolute atomic E-state index is 13.9. The first-order valence-electron chi connectivity index (χ1n) is 17.7. The molecule has 0 spiro atoms. The van der Waals surface area contributed by atoms with Gasteiger partial charge in [-0.1, -0.05) is 67.1 Å². The highest BCUT2D eigenvalue weighted by atomic mass is 35.5. The van der Waals surface area contributed by atoms with Crippen molar-refractivity contribution in [2.45, 2.75) is 62.4 Å². The molecule has 15 heteroatoms. The van der Waals surface area contributed by atoms with Gasteiger partial charge in [-0.25, -0.2) is 22.7 Å². The first-order chi connectivity index (χ1) is 24.8. The Bertz CT molecular complexity index is 1870. The Labute approximate surface area is 309 Å². The lowest BCUT2D eigenvalue weighted by Gasteiger charge is -2.45. The standard InChI is InChI=1S/C37H46ClN5O8S/c1-2-26-9-5-10-28(23-26)34-30(12-6-13-31(34)38)37(47,18-8-19-39-35(44)45)29-11-7-20-42(25-29)36(46)41-21-16-27(17-22-41)24-40-52(50,51)33-15-4-3-14-32(33)43(48)49/h3-6,9-10,12-15,23,27,29,39-40,47H,2,7-8,11,16-22,24-25H2,1H3,(H,44,45)/t29-,37?/m1/s1. The number of halogens is 1. The van der Waals surface area contributed by atoms with Gasteiger partial charge in [0, 0.05) is 61.8 Å². The van der Waals surface area contributed by atoms with Crippen LogP contribution < -0.4 is 10.0 Å². The van der Waals surface area contributed by atoms with Crippen LogP contribution in [0.15, 0.2) is 71.6 Å². The molecule has 280 valence electrons. The number of piperidine rings is 2. The zero-order chi connectivity index (χ0) is 37.5. The topological polar surface area (TPSA) is 182 Å². The summed E-state index contributed by atoms with van der Waals surface area (Å²) in [7, 11) is -4.11. The molecule has 2 aliphatic rings. The number of aryl methyl sites for hydroxylation is 1. The van der Waals surface area contributed by atoms with Crippen LogP contribution in [0.1, 0.15) is 56.6 Å². The SMILES string of the molecule is CCc1cccc(-c2c(Cl)cccc2C(O)(CCCNC(=O)O)[C@@H]2CCCN(C(=O)N3CCC(CNS(=O)(=O)c4ccccc4[N+](=O)[O-])CC3)C2)c1. The van der Waals surface area contributed by atoms with Crippen LogP contribution in [-0.4, -0.2) is 84.7 Å². The molecule has 0 saturated carbocycles. The summed E-state index contributed by atoms with van der Waals surface area (Å²) in [5.41, 5.74) is 1.44. The van der Waals surface area contributed by atoms with E-state index in [1.165, 1.54) is 18.2 Å². The number of rotatable bonds is 13. The van der Waals surface area contributed by atoms with E-state index in [0.717, 1.165) is 29.2 Å².